The summed E-state index contributed by atoms with van der Waals surface area (Å²) in [5, 5.41) is 3.96. The highest BCUT2D eigenvalue weighted by Crippen LogP contribution is 2.25. The van der Waals surface area contributed by atoms with Crippen molar-refractivity contribution in [1.82, 2.24) is 15.2 Å². The first-order valence-electron chi connectivity index (χ1n) is 8.38. The minimum Gasteiger partial charge on any atom is -0.376 e. The third-order valence-corrected chi connectivity index (χ3v) is 5.06. The maximum atomic E-state index is 12.4. The minimum absolute atomic E-state index is 0.0737. The molecule has 2 heterocycles. The Labute approximate surface area is 151 Å². The second kappa shape index (κ2) is 8.42. The second-order valence-corrected chi connectivity index (χ2v) is 7.06. The Balaban J connectivity index is 1.56. The summed E-state index contributed by atoms with van der Waals surface area (Å²) in [6.07, 6.45) is 1.76. The van der Waals surface area contributed by atoms with Gasteiger partial charge in [0.1, 0.15) is 11.1 Å². The monoisotopic (exact) mass is 361 g/mol. The van der Waals surface area contributed by atoms with Gasteiger partial charge in [-0.05, 0) is 6.92 Å². The molecular weight excluding hydrogens is 338 g/mol. The molecule has 1 saturated heterocycles. The number of amides is 2. The number of hydrogen-bond acceptors (Lipinski definition) is 5. The lowest BCUT2D eigenvalue weighted by Gasteiger charge is -2.23. The van der Waals surface area contributed by atoms with Gasteiger partial charge in [0, 0.05) is 30.3 Å². The molecule has 2 aromatic rings. The number of carbonyl (C=O) groups is 1. The first-order chi connectivity index (χ1) is 12.2. The molecule has 2 atom stereocenters. The second-order valence-electron chi connectivity index (χ2n) is 5.94. The van der Waals surface area contributed by atoms with Gasteiger partial charge in [-0.1, -0.05) is 30.3 Å². The van der Waals surface area contributed by atoms with Gasteiger partial charge in [-0.2, -0.15) is 0 Å². The molecule has 1 aromatic carbocycles. The molecule has 0 aliphatic carbocycles. The van der Waals surface area contributed by atoms with E-state index in [2.05, 4.69) is 10.3 Å². The molecule has 2 amide bonds. The van der Waals surface area contributed by atoms with Crippen LogP contribution in [0.5, 0.6) is 0 Å². The van der Waals surface area contributed by atoms with Crippen LogP contribution in [0, 0.1) is 0 Å². The lowest BCUT2D eigenvalue weighted by molar-refractivity contribution is 0.0419. The average Bonchev–Trinajstić information content (AvgIpc) is 3.26. The molecule has 1 aliphatic rings. The van der Waals surface area contributed by atoms with Crippen molar-refractivity contribution >= 4 is 17.4 Å². The van der Waals surface area contributed by atoms with E-state index in [1.165, 1.54) is 0 Å². The van der Waals surface area contributed by atoms with Crippen LogP contribution in [0.2, 0.25) is 0 Å². The SMILES string of the molecule is CCO[C@H]1COC[C@@H]1NC(=O)N(C)Cc1cnc(-c2ccccc2)s1. The Morgan fingerprint density at radius 3 is 2.96 bits per heavy atom. The van der Waals surface area contributed by atoms with Gasteiger partial charge in [-0.15, -0.1) is 11.3 Å². The number of carbonyl (C=O) groups excluding carboxylic acids is 1. The number of ether oxygens (including phenoxy) is 2. The fourth-order valence-electron chi connectivity index (χ4n) is 2.72. The number of urea groups is 1. The van der Waals surface area contributed by atoms with Crippen LogP contribution in [0.15, 0.2) is 36.5 Å². The smallest absolute Gasteiger partial charge is 0.317 e. The third kappa shape index (κ3) is 4.56. The third-order valence-electron chi connectivity index (χ3n) is 4.03. The van der Waals surface area contributed by atoms with Crippen LogP contribution in [0.3, 0.4) is 0 Å². The molecular formula is C18H23N3O3S. The first-order valence-corrected chi connectivity index (χ1v) is 9.20. The largest absolute Gasteiger partial charge is 0.376 e. The van der Waals surface area contributed by atoms with Crippen molar-refractivity contribution < 1.29 is 14.3 Å². The molecule has 1 fully saturated rings. The van der Waals surface area contributed by atoms with Crippen LogP contribution in [-0.4, -0.2) is 54.9 Å². The van der Waals surface area contributed by atoms with Gasteiger partial charge in [-0.25, -0.2) is 9.78 Å². The van der Waals surface area contributed by atoms with Crippen molar-refractivity contribution in [3.8, 4) is 10.6 Å². The molecule has 25 heavy (non-hydrogen) atoms. The van der Waals surface area contributed by atoms with E-state index in [0.717, 1.165) is 15.4 Å². The number of thiazole rings is 1. The molecule has 0 spiro atoms. The molecule has 0 radical (unpaired) electrons. The zero-order chi connectivity index (χ0) is 17.6. The Morgan fingerprint density at radius 2 is 2.20 bits per heavy atom. The van der Waals surface area contributed by atoms with Gasteiger partial charge in [0.05, 0.1) is 25.8 Å². The Morgan fingerprint density at radius 1 is 1.40 bits per heavy atom. The van der Waals surface area contributed by atoms with Gasteiger partial charge < -0.3 is 19.7 Å². The van der Waals surface area contributed by atoms with E-state index in [-0.39, 0.29) is 18.2 Å². The molecule has 1 N–H and O–H groups in total. The van der Waals surface area contributed by atoms with Crippen LogP contribution in [0.25, 0.3) is 10.6 Å². The number of aromatic nitrogens is 1. The van der Waals surface area contributed by atoms with Crippen molar-refractivity contribution in [3.63, 3.8) is 0 Å². The van der Waals surface area contributed by atoms with Crippen LogP contribution in [0.4, 0.5) is 4.79 Å². The summed E-state index contributed by atoms with van der Waals surface area (Å²) in [4.78, 5) is 19.6. The topological polar surface area (TPSA) is 63.7 Å². The van der Waals surface area contributed by atoms with Crippen LogP contribution in [0.1, 0.15) is 11.8 Å². The van der Waals surface area contributed by atoms with Crippen molar-refractivity contribution in [2.24, 2.45) is 0 Å². The molecule has 0 unspecified atom stereocenters. The normalized spacial score (nSPS) is 19.8. The summed E-state index contributed by atoms with van der Waals surface area (Å²) in [6.45, 7) is 4.08. The molecule has 0 bridgehead atoms. The van der Waals surface area contributed by atoms with E-state index >= 15 is 0 Å². The fraction of sp³-hybridized carbons (Fsp3) is 0.444. The van der Waals surface area contributed by atoms with E-state index in [1.54, 1.807) is 23.3 Å². The standard InChI is InChI=1S/C18H23N3O3S/c1-3-24-16-12-23-11-15(16)20-18(22)21(2)10-14-9-19-17(25-14)13-7-5-4-6-8-13/h4-9,15-16H,3,10-12H2,1-2H3,(H,20,22)/t15-,16-/m0/s1. The number of rotatable bonds is 6. The fourth-order valence-corrected chi connectivity index (χ4v) is 3.69. The van der Waals surface area contributed by atoms with Gasteiger partial charge in [0.2, 0.25) is 0 Å². The summed E-state index contributed by atoms with van der Waals surface area (Å²) in [7, 11) is 1.78. The zero-order valence-electron chi connectivity index (χ0n) is 14.5. The summed E-state index contributed by atoms with van der Waals surface area (Å²) in [5.74, 6) is 0. The molecule has 1 aromatic heterocycles. The Hall–Kier alpha value is -1.96. The number of hydrogen-bond donors (Lipinski definition) is 1. The van der Waals surface area contributed by atoms with Crippen molar-refractivity contribution in [1.29, 1.82) is 0 Å². The van der Waals surface area contributed by atoms with Crippen LogP contribution in [-0.2, 0) is 16.0 Å². The summed E-state index contributed by atoms with van der Waals surface area (Å²) >= 11 is 1.60. The van der Waals surface area contributed by atoms with Crippen LogP contribution < -0.4 is 5.32 Å². The summed E-state index contributed by atoms with van der Waals surface area (Å²) < 4.78 is 11.0. The quantitative estimate of drug-likeness (QED) is 0.859. The highest BCUT2D eigenvalue weighted by molar-refractivity contribution is 7.15. The predicted molar refractivity (Wildman–Crippen MR) is 97.6 cm³/mol. The maximum Gasteiger partial charge on any atom is 0.317 e. The summed E-state index contributed by atoms with van der Waals surface area (Å²) in [5.41, 5.74) is 1.09. The van der Waals surface area contributed by atoms with Gasteiger partial charge in [-0.3, -0.25) is 0 Å². The lowest BCUT2D eigenvalue weighted by atomic mass is 10.2. The zero-order valence-corrected chi connectivity index (χ0v) is 15.3. The lowest BCUT2D eigenvalue weighted by Crippen LogP contribution is -2.48. The molecule has 0 saturated carbocycles. The molecule has 7 heteroatoms. The van der Waals surface area contributed by atoms with Gasteiger partial charge >= 0.3 is 6.03 Å². The highest BCUT2D eigenvalue weighted by Gasteiger charge is 2.30. The number of benzene rings is 1. The van der Waals surface area contributed by atoms with Crippen LogP contribution >= 0.6 is 11.3 Å². The van der Waals surface area contributed by atoms with E-state index in [4.69, 9.17) is 9.47 Å². The van der Waals surface area contributed by atoms with E-state index in [1.807, 2.05) is 43.5 Å². The predicted octanol–water partition coefficient (Wildman–Crippen LogP) is 2.76. The molecule has 1 aliphatic heterocycles. The molecule has 134 valence electrons. The van der Waals surface area contributed by atoms with Gasteiger partial charge in [0.25, 0.3) is 0 Å². The number of nitrogens with zero attached hydrogens (tertiary/aromatic N) is 2. The molecule has 3 rings (SSSR count). The summed E-state index contributed by atoms with van der Waals surface area (Å²) in [6, 6.07) is 9.81. The Kier molecular flexibility index (Phi) is 6.01. The van der Waals surface area contributed by atoms with E-state index in [0.29, 0.717) is 26.4 Å². The van der Waals surface area contributed by atoms with E-state index < -0.39 is 0 Å². The molecule has 6 nitrogen and oxygen atoms in total. The first kappa shape index (κ1) is 17.8. The maximum absolute atomic E-state index is 12.4. The Bertz CT molecular complexity index is 692. The van der Waals surface area contributed by atoms with Crippen molar-refractivity contribution in [2.45, 2.75) is 25.6 Å². The van der Waals surface area contributed by atoms with Gasteiger partial charge in [0.15, 0.2) is 0 Å². The minimum atomic E-state index is -0.130. The van der Waals surface area contributed by atoms with E-state index in [9.17, 15) is 4.79 Å². The van der Waals surface area contributed by atoms with Crippen molar-refractivity contribution in [2.75, 3.05) is 26.9 Å². The van der Waals surface area contributed by atoms with Crippen molar-refractivity contribution in [3.05, 3.63) is 41.4 Å². The average molecular weight is 361 g/mol. The highest BCUT2D eigenvalue weighted by atomic mass is 32.1. The number of nitrogens with one attached hydrogen (secondary N) is 1.